The van der Waals surface area contributed by atoms with Crippen molar-refractivity contribution < 1.29 is 58.4 Å². The van der Waals surface area contributed by atoms with Crippen molar-refractivity contribution in [3.8, 4) is 0 Å². The maximum absolute atomic E-state index is 12.6. The first-order valence-corrected chi connectivity index (χ1v) is 15.9. The Morgan fingerprint density at radius 2 is 1.25 bits per heavy atom. The molecule has 0 aliphatic heterocycles. The normalized spacial score (nSPS) is 12.3. The number of carbonyl (C=O) groups is 3. The third kappa shape index (κ3) is 6.99. The van der Waals surface area contributed by atoms with Gasteiger partial charge in [0.1, 0.15) is 16.1 Å². The first kappa shape index (κ1) is 32.0. The summed E-state index contributed by atoms with van der Waals surface area (Å²) in [6.45, 7) is 0. The summed E-state index contributed by atoms with van der Waals surface area (Å²) in [6, 6.07) is 11.3. The zero-order valence-corrected chi connectivity index (χ0v) is 24.0. The molecule has 228 valence electrons. The number of carboxylic acid groups (broad SMARTS) is 1. The van der Waals surface area contributed by atoms with Crippen LogP contribution in [-0.4, -0.2) is 62.2 Å². The van der Waals surface area contributed by atoms with Gasteiger partial charge in [-0.2, -0.15) is 35.5 Å². The number of rotatable bonds is 9. The van der Waals surface area contributed by atoms with Gasteiger partial charge in [-0.1, -0.05) is 12.1 Å². The van der Waals surface area contributed by atoms with Crippen LogP contribution >= 0.6 is 0 Å². The van der Waals surface area contributed by atoms with E-state index in [1.54, 1.807) is 0 Å². The molecule has 5 N–H and O–H groups in total. The Hall–Kier alpha value is -4.92. The summed E-state index contributed by atoms with van der Waals surface area (Å²) in [6.07, 6.45) is 0.575. The van der Waals surface area contributed by atoms with E-state index < -0.39 is 78.9 Å². The Balaban J connectivity index is 1.79. The van der Waals surface area contributed by atoms with Crippen molar-refractivity contribution in [3.05, 3.63) is 83.4 Å². The lowest BCUT2D eigenvalue weighted by molar-refractivity contribution is 0.0697. The van der Waals surface area contributed by atoms with Gasteiger partial charge in [0, 0.05) is 21.9 Å². The maximum Gasteiger partial charge on any atom is 0.337 e. The molecule has 0 aromatic heterocycles. The summed E-state index contributed by atoms with van der Waals surface area (Å²) in [5.41, 5.74) is -0.761. The molecule has 0 heterocycles. The lowest BCUT2D eigenvalue weighted by Crippen LogP contribution is -2.14. The molecule has 0 saturated carbocycles. The monoisotopic (exact) mass is 663 g/mol. The van der Waals surface area contributed by atoms with E-state index in [2.05, 4.69) is 15.5 Å². The zero-order chi connectivity index (χ0) is 32.6. The molecule has 0 aliphatic carbocycles. The minimum atomic E-state index is -5.25. The predicted octanol–water partition coefficient (Wildman–Crippen LogP) is 3.76. The highest BCUT2D eigenvalue weighted by atomic mass is 32.2. The lowest BCUT2D eigenvalue weighted by atomic mass is 10.1. The molecule has 1 amide bonds. The number of carbonyl (C=O) groups excluding carboxylic acids is 2. The van der Waals surface area contributed by atoms with Crippen LogP contribution in [0.1, 0.15) is 31.1 Å². The Bertz CT molecular complexity index is 2230. The molecule has 4 aromatic carbocycles. The summed E-state index contributed by atoms with van der Waals surface area (Å²) in [7, 11) is -15.6. The average molecular weight is 664 g/mol. The van der Waals surface area contributed by atoms with E-state index in [1.165, 1.54) is 36.4 Å². The van der Waals surface area contributed by atoms with Crippen molar-refractivity contribution in [3.63, 3.8) is 0 Å². The van der Waals surface area contributed by atoms with E-state index in [4.69, 9.17) is 0 Å². The van der Waals surface area contributed by atoms with Crippen LogP contribution in [0.5, 0.6) is 0 Å². The van der Waals surface area contributed by atoms with E-state index in [9.17, 15) is 58.4 Å². The molecule has 4 aromatic rings. The van der Waals surface area contributed by atoms with E-state index in [-0.39, 0.29) is 16.9 Å². The smallest absolute Gasteiger partial charge is 0.337 e. The largest absolute Gasteiger partial charge is 0.478 e. The van der Waals surface area contributed by atoms with Crippen LogP contribution in [0, 0.1) is 0 Å². The first-order valence-electron chi connectivity index (χ1n) is 11.6. The molecular weight excluding hydrogens is 646 g/mol. The van der Waals surface area contributed by atoms with Crippen molar-refractivity contribution in [2.24, 2.45) is 10.2 Å². The Labute approximate surface area is 247 Å². The number of aldehydes is 1. The third-order valence-electron chi connectivity index (χ3n) is 5.88. The van der Waals surface area contributed by atoms with Crippen LogP contribution < -0.4 is 5.32 Å². The molecule has 0 unspecified atom stereocenters. The van der Waals surface area contributed by atoms with Crippen molar-refractivity contribution in [1.82, 2.24) is 0 Å². The first-order chi connectivity index (χ1) is 20.4. The summed E-state index contributed by atoms with van der Waals surface area (Å²) < 4.78 is 100. The van der Waals surface area contributed by atoms with Crippen molar-refractivity contribution in [1.29, 1.82) is 0 Å². The quantitative estimate of drug-likeness (QED) is 0.0970. The molecule has 16 nitrogen and oxygen atoms in total. The van der Waals surface area contributed by atoms with Gasteiger partial charge < -0.3 is 10.4 Å². The summed E-state index contributed by atoms with van der Waals surface area (Å²) in [4.78, 5) is 31.9. The molecule has 0 bridgehead atoms. The predicted molar refractivity (Wildman–Crippen MR) is 151 cm³/mol. The summed E-state index contributed by atoms with van der Waals surface area (Å²) in [5.74, 6) is -2.18. The second-order valence-electron chi connectivity index (χ2n) is 8.81. The zero-order valence-electron chi connectivity index (χ0n) is 21.5. The van der Waals surface area contributed by atoms with Gasteiger partial charge in [0.25, 0.3) is 36.3 Å². The van der Waals surface area contributed by atoms with Gasteiger partial charge in [0.15, 0.2) is 0 Å². The number of hydrogen-bond donors (Lipinski definition) is 5. The van der Waals surface area contributed by atoms with Crippen LogP contribution in [0.4, 0.5) is 17.1 Å². The second kappa shape index (κ2) is 11.6. The van der Waals surface area contributed by atoms with Crippen molar-refractivity contribution >= 4 is 76.4 Å². The molecule has 0 fully saturated rings. The number of benzene rings is 4. The highest BCUT2D eigenvalue weighted by molar-refractivity contribution is 7.87. The molecule has 0 saturated heterocycles. The van der Waals surface area contributed by atoms with Gasteiger partial charge >= 0.3 is 5.97 Å². The highest BCUT2D eigenvalue weighted by Gasteiger charge is 2.25. The van der Waals surface area contributed by atoms with E-state index >= 15 is 0 Å². The molecule has 0 radical (unpaired) electrons. The second-order valence-corrected chi connectivity index (χ2v) is 13.0. The van der Waals surface area contributed by atoms with Crippen molar-refractivity contribution in [2.45, 2.75) is 14.7 Å². The van der Waals surface area contributed by atoms with Crippen LogP contribution in [0.2, 0.25) is 0 Å². The molecule has 0 aliphatic rings. The van der Waals surface area contributed by atoms with Gasteiger partial charge in [0.05, 0.1) is 27.5 Å². The SMILES string of the molecule is O=Cc1ccc(C(=O)Nc2ccc(N=Nc3cc(S(=O)(=O)O)c4cc(S(=O)(=O)O)cc(S(=O)(=O)O)c4c3)cc2C(=O)O)cc1. The molecule has 4 rings (SSSR count). The van der Waals surface area contributed by atoms with E-state index in [1.807, 2.05) is 0 Å². The maximum atomic E-state index is 12.6. The Kier molecular flexibility index (Phi) is 8.46. The van der Waals surface area contributed by atoms with E-state index in [0.717, 1.165) is 12.1 Å². The van der Waals surface area contributed by atoms with Crippen LogP contribution in [0.25, 0.3) is 10.8 Å². The fraction of sp³-hybridized carbons (Fsp3) is 0. The Morgan fingerprint density at radius 3 is 1.80 bits per heavy atom. The minimum Gasteiger partial charge on any atom is -0.478 e. The number of nitrogens with one attached hydrogen (secondary N) is 1. The number of aromatic carboxylic acids is 1. The number of anilines is 1. The number of hydrogen-bond acceptors (Lipinski definition) is 11. The Morgan fingerprint density at radius 1 is 0.682 bits per heavy atom. The van der Waals surface area contributed by atoms with E-state index in [0.29, 0.717) is 30.0 Å². The van der Waals surface area contributed by atoms with Crippen LogP contribution in [0.15, 0.2) is 91.6 Å². The fourth-order valence-electron chi connectivity index (χ4n) is 3.89. The highest BCUT2D eigenvalue weighted by Crippen LogP contribution is 2.36. The number of amides is 1. The molecular formula is C25H17N3O13S3. The lowest BCUT2D eigenvalue weighted by Gasteiger charge is -2.11. The topological polar surface area (TPSA) is 271 Å². The summed E-state index contributed by atoms with van der Waals surface area (Å²) in [5, 5.41) is 18.3. The van der Waals surface area contributed by atoms with Gasteiger partial charge in [-0.25, -0.2) is 4.79 Å². The number of nitrogens with zero attached hydrogens (tertiary/aromatic N) is 2. The number of azo groups is 1. The van der Waals surface area contributed by atoms with Gasteiger partial charge in [-0.15, -0.1) is 0 Å². The minimum absolute atomic E-state index is 0.120. The summed E-state index contributed by atoms with van der Waals surface area (Å²) >= 11 is 0. The van der Waals surface area contributed by atoms with Crippen LogP contribution in [0.3, 0.4) is 0 Å². The molecule has 0 atom stereocenters. The third-order valence-corrected chi connectivity index (χ3v) is 8.50. The molecule has 44 heavy (non-hydrogen) atoms. The van der Waals surface area contributed by atoms with Crippen LogP contribution in [-0.2, 0) is 30.4 Å². The van der Waals surface area contributed by atoms with Gasteiger partial charge in [-0.3, -0.25) is 23.2 Å². The fourth-order valence-corrected chi connectivity index (χ4v) is 5.94. The standard InChI is InChI=1S/C25H17N3O13S3/c29-12-13-1-3-14(4-2-13)24(30)26-21-6-5-15(7-20(21)25(31)32)27-28-16-8-18-19(22(9-16)43(36,37)38)10-17(42(33,34)35)11-23(18)44(39,40)41/h1-12H,(H,26,30)(H,31,32)(H,33,34,35)(H,36,37,38)(H,39,40,41). The number of carboxylic acids is 1. The average Bonchev–Trinajstić information content (AvgIpc) is 2.93. The van der Waals surface area contributed by atoms with Gasteiger partial charge in [-0.05, 0) is 54.6 Å². The van der Waals surface area contributed by atoms with Gasteiger partial charge in [0.2, 0.25) is 0 Å². The number of fused-ring (bicyclic) bond motifs is 1. The van der Waals surface area contributed by atoms with Crippen molar-refractivity contribution in [2.75, 3.05) is 5.32 Å². The molecule has 19 heteroatoms. The molecule has 0 spiro atoms.